The van der Waals surface area contributed by atoms with Crippen LogP contribution in [0.1, 0.15) is 97.5 Å². The summed E-state index contributed by atoms with van der Waals surface area (Å²) in [5, 5.41) is 13.1. The van der Waals surface area contributed by atoms with Gasteiger partial charge in [-0.05, 0) is 55.6 Å². The minimum atomic E-state index is -1.06. The molecule has 0 aromatic heterocycles. The molecule has 48 heavy (non-hydrogen) atoms. The van der Waals surface area contributed by atoms with Gasteiger partial charge in [0.25, 0.3) is 5.91 Å². The number of hydrogen-bond donors (Lipinski definition) is 3. The molecule has 4 amide bonds. The van der Waals surface area contributed by atoms with E-state index in [4.69, 9.17) is 21.2 Å². The van der Waals surface area contributed by atoms with E-state index in [1.807, 2.05) is 39.8 Å². The predicted molar refractivity (Wildman–Crippen MR) is 179 cm³/mol. The number of Topliss-reactive ketones (excluding diaryl/α,β-unsaturated/α-hetero) is 1. The van der Waals surface area contributed by atoms with Crippen LogP contribution in [-0.2, 0) is 28.8 Å². The van der Waals surface area contributed by atoms with Gasteiger partial charge in [0, 0.05) is 29.5 Å². The van der Waals surface area contributed by atoms with Gasteiger partial charge in [0.2, 0.25) is 17.6 Å². The summed E-state index contributed by atoms with van der Waals surface area (Å²) >= 11 is 6.23. The van der Waals surface area contributed by atoms with E-state index in [0.29, 0.717) is 29.5 Å². The van der Waals surface area contributed by atoms with Crippen LogP contribution in [0.25, 0.3) is 0 Å². The van der Waals surface area contributed by atoms with E-state index in [2.05, 4.69) is 21.1 Å². The summed E-state index contributed by atoms with van der Waals surface area (Å²) in [5.74, 6) is -2.20. The van der Waals surface area contributed by atoms with Gasteiger partial charge in [-0.3, -0.25) is 19.2 Å². The lowest BCUT2D eigenvalue weighted by Gasteiger charge is -2.35. The number of hydrogen-bond acceptors (Lipinski definition) is 8. The van der Waals surface area contributed by atoms with Gasteiger partial charge in [-0.25, -0.2) is 4.79 Å². The van der Waals surface area contributed by atoms with E-state index in [-0.39, 0.29) is 32.0 Å². The fourth-order valence-corrected chi connectivity index (χ4v) is 6.95. The Morgan fingerprint density at radius 3 is 2.48 bits per heavy atom. The number of rotatable bonds is 12. The Morgan fingerprint density at radius 2 is 1.83 bits per heavy atom. The molecular formula is C35H48ClN5O7. The molecule has 0 bridgehead atoms. The summed E-state index contributed by atoms with van der Waals surface area (Å²) in [6.07, 6.45) is 6.37. The molecule has 2 aliphatic carbocycles. The summed E-state index contributed by atoms with van der Waals surface area (Å²) in [5.41, 5.74) is -0.391. The molecule has 2 heterocycles. The number of nitrogens with one attached hydrogen (secondary N) is 3. The maximum absolute atomic E-state index is 14.5. The molecule has 2 saturated carbocycles. The van der Waals surface area contributed by atoms with Crippen LogP contribution in [0.2, 0.25) is 5.02 Å². The van der Waals surface area contributed by atoms with Crippen LogP contribution in [0.5, 0.6) is 0 Å². The van der Waals surface area contributed by atoms with Crippen molar-refractivity contribution < 1.29 is 33.5 Å². The lowest BCUT2D eigenvalue weighted by Crippen LogP contribution is -2.59. The molecule has 13 heteroatoms. The molecule has 262 valence electrons. The molecule has 1 saturated heterocycles. The van der Waals surface area contributed by atoms with Gasteiger partial charge in [-0.1, -0.05) is 75.8 Å². The van der Waals surface area contributed by atoms with E-state index >= 15 is 0 Å². The second kappa shape index (κ2) is 14.8. The average Bonchev–Trinajstić information content (AvgIpc) is 3.40. The summed E-state index contributed by atoms with van der Waals surface area (Å²) in [6, 6.07) is 4.03. The van der Waals surface area contributed by atoms with Gasteiger partial charge in [0.05, 0.1) is 24.9 Å². The molecule has 2 aliphatic heterocycles. The Bertz CT molecular complexity index is 1430. The van der Waals surface area contributed by atoms with Crippen molar-refractivity contribution in [2.45, 2.75) is 122 Å². The van der Waals surface area contributed by atoms with Crippen molar-refractivity contribution >= 4 is 46.9 Å². The minimum Gasteiger partial charge on any atom is -0.449 e. The molecule has 3 fully saturated rings. The van der Waals surface area contributed by atoms with Gasteiger partial charge in [-0.2, -0.15) is 0 Å². The van der Waals surface area contributed by atoms with Gasteiger partial charge < -0.3 is 30.4 Å². The SMILES string of the molecule is CCC[C@H](NC(=O)[C@@H]1C[C@]2(CC(c3cccc(Cl)c3)=NO2)CN1C(=O)[C@@H](NC(=O)OCC1CCCC1)C(C)(C)C)C(=O)C(=O)NC1CC1. The number of alkyl carbamates (subject to hydrolysis) is 1. The van der Waals surface area contributed by atoms with E-state index in [1.54, 1.807) is 12.1 Å². The third kappa shape index (κ3) is 8.67. The summed E-state index contributed by atoms with van der Waals surface area (Å²) in [6.45, 7) is 7.64. The Balaban J connectivity index is 1.37. The first kappa shape index (κ1) is 35.6. The third-order valence-electron chi connectivity index (χ3n) is 9.63. The van der Waals surface area contributed by atoms with Crippen molar-refractivity contribution in [3.05, 3.63) is 34.9 Å². The highest BCUT2D eigenvalue weighted by Crippen LogP contribution is 2.40. The van der Waals surface area contributed by atoms with Crippen LogP contribution >= 0.6 is 11.6 Å². The first-order valence-electron chi connectivity index (χ1n) is 17.2. The molecule has 0 radical (unpaired) electrons. The van der Waals surface area contributed by atoms with Gasteiger partial charge >= 0.3 is 6.09 Å². The van der Waals surface area contributed by atoms with Crippen LogP contribution in [-0.4, -0.2) is 83.1 Å². The lowest BCUT2D eigenvalue weighted by atomic mass is 9.85. The topological polar surface area (TPSA) is 156 Å². The molecule has 0 unspecified atom stereocenters. The summed E-state index contributed by atoms with van der Waals surface area (Å²) in [7, 11) is 0. The quantitative estimate of drug-likeness (QED) is 0.278. The molecule has 4 aliphatic rings. The van der Waals surface area contributed by atoms with Crippen LogP contribution in [0.15, 0.2) is 29.4 Å². The van der Waals surface area contributed by atoms with Crippen LogP contribution in [0, 0.1) is 11.3 Å². The van der Waals surface area contributed by atoms with Crippen molar-refractivity contribution in [2.75, 3.05) is 13.2 Å². The normalized spacial score (nSPS) is 23.6. The number of ketones is 1. The van der Waals surface area contributed by atoms with E-state index in [9.17, 15) is 24.0 Å². The smallest absolute Gasteiger partial charge is 0.407 e. The highest BCUT2D eigenvalue weighted by atomic mass is 35.5. The predicted octanol–water partition coefficient (Wildman–Crippen LogP) is 4.27. The molecule has 5 rings (SSSR count). The van der Waals surface area contributed by atoms with Gasteiger partial charge in [-0.15, -0.1) is 0 Å². The molecular weight excluding hydrogens is 638 g/mol. The number of oxime groups is 1. The summed E-state index contributed by atoms with van der Waals surface area (Å²) < 4.78 is 5.54. The van der Waals surface area contributed by atoms with Crippen LogP contribution < -0.4 is 16.0 Å². The fourth-order valence-electron chi connectivity index (χ4n) is 6.76. The molecule has 1 aromatic rings. The summed E-state index contributed by atoms with van der Waals surface area (Å²) in [4.78, 5) is 74.8. The van der Waals surface area contributed by atoms with Crippen molar-refractivity contribution in [2.24, 2.45) is 16.5 Å². The van der Waals surface area contributed by atoms with Crippen molar-refractivity contribution in [1.82, 2.24) is 20.9 Å². The maximum Gasteiger partial charge on any atom is 0.407 e. The van der Waals surface area contributed by atoms with Gasteiger partial charge in [0.1, 0.15) is 12.1 Å². The molecule has 1 spiro atoms. The standard InChI is InChI=1S/C35H48ClN5O7/c1-5-9-25(28(42)31(44)37-24-14-15-24)38-30(43)27-18-35(17-26(40-48-35)22-12-8-13-23(36)16-22)20-41(27)32(45)29(34(2,3)4)39-33(46)47-19-21-10-6-7-11-21/h8,12-13,16,21,24-25,27,29H,5-7,9-11,14-15,17-20H2,1-4H3,(H,37,44)(H,38,43)(H,39,46)/t25-,27-,29+,35+/m0/s1. The van der Waals surface area contributed by atoms with E-state index in [1.165, 1.54) is 4.90 Å². The maximum atomic E-state index is 14.5. The third-order valence-corrected chi connectivity index (χ3v) is 9.86. The van der Waals surface area contributed by atoms with Crippen LogP contribution in [0.3, 0.4) is 0 Å². The van der Waals surface area contributed by atoms with Crippen molar-refractivity contribution in [3.8, 4) is 0 Å². The number of likely N-dealkylation sites (tertiary alicyclic amines) is 1. The molecule has 3 N–H and O–H groups in total. The second-order valence-corrected chi connectivity index (χ2v) is 15.3. The molecule has 12 nitrogen and oxygen atoms in total. The number of benzene rings is 1. The zero-order valence-corrected chi connectivity index (χ0v) is 29.1. The molecule has 1 aromatic carbocycles. The van der Waals surface area contributed by atoms with Crippen LogP contribution in [0.4, 0.5) is 4.79 Å². The zero-order chi connectivity index (χ0) is 34.6. The number of carbonyl (C=O) groups excluding carboxylic acids is 5. The Hall–Kier alpha value is -3.67. The number of carbonyl (C=O) groups is 5. The number of nitrogens with zero attached hydrogens (tertiary/aromatic N) is 2. The van der Waals surface area contributed by atoms with E-state index < -0.39 is 58.7 Å². The van der Waals surface area contributed by atoms with Gasteiger partial charge in [0.15, 0.2) is 5.60 Å². The highest BCUT2D eigenvalue weighted by molar-refractivity contribution is 6.38. The first-order valence-corrected chi connectivity index (χ1v) is 17.6. The fraction of sp³-hybridized carbons (Fsp3) is 0.657. The van der Waals surface area contributed by atoms with Crippen molar-refractivity contribution in [3.63, 3.8) is 0 Å². The van der Waals surface area contributed by atoms with Crippen molar-refractivity contribution in [1.29, 1.82) is 0 Å². The second-order valence-electron chi connectivity index (χ2n) is 14.8. The lowest BCUT2D eigenvalue weighted by molar-refractivity contribution is -0.144. The largest absolute Gasteiger partial charge is 0.449 e. The highest BCUT2D eigenvalue weighted by Gasteiger charge is 2.55. The Kier molecular flexibility index (Phi) is 11.0. The minimum absolute atomic E-state index is 0.0113. The Labute approximate surface area is 287 Å². The molecule has 4 atom stereocenters. The van der Waals surface area contributed by atoms with E-state index in [0.717, 1.165) is 44.1 Å². The average molecular weight is 686 g/mol. The Morgan fingerprint density at radius 1 is 1.10 bits per heavy atom. The zero-order valence-electron chi connectivity index (χ0n) is 28.3. The number of ether oxygens (including phenoxy) is 1. The monoisotopic (exact) mass is 685 g/mol. The first-order chi connectivity index (χ1) is 22.8. The number of amides is 4. The number of halogens is 1.